The molecule has 4 rings (SSSR count). The van der Waals surface area contributed by atoms with Crippen molar-refractivity contribution < 1.29 is 23.8 Å². The van der Waals surface area contributed by atoms with Crippen LogP contribution in [0.3, 0.4) is 0 Å². The Morgan fingerprint density at radius 1 is 1.06 bits per heavy atom. The molecule has 0 saturated heterocycles. The fraction of sp³-hybridized carbons (Fsp3) is 0.120. The minimum absolute atomic E-state index is 0.172. The molecule has 0 radical (unpaired) electrons. The van der Waals surface area contributed by atoms with E-state index >= 15 is 0 Å². The van der Waals surface area contributed by atoms with Crippen molar-refractivity contribution in [1.29, 1.82) is 0 Å². The zero-order chi connectivity index (χ0) is 21.8. The minimum atomic E-state index is -0.936. The number of carbonyl (C=O) groups is 2. The second-order valence-electron chi connectivity index (χ2n) is 6.78. The molecule has 3 aromatic carbocycles. The molecule has 5 nitrogen and oxygen atoms in total. The van der Waals surface area contributed by atoms with Crippen LogP contribution in [0.25, 0.3) is 6.08 Å². The number of Topliss-reactive ketones (excluding diaryl/α,β-unsaturated/α-hetero) is 1. The van der Waals surface area contributed by atoms with Gasteiger partial charge in [0.1, 0.15) is 11.5 Å². The van der Waals surface area contributed by atoms with E-state index in [9.17, 15) is 9.59 Å². The van der Waals surface area contributed by atoms with E-state index in [0.29, 0.717) is 33.2 Å². The highest BCUT2D eigenvalue weighted by Crippen LogP contribution is 2.36. The van der Waals surface area contributed by atoms with Crippen molar-refractivity contribution in [2.24, 2.45) is 0 Å². The highest BCUT2D eigenvalue weighted by atomic mass is 35.5. The molecule has 0 spiro atoms. The van der Waals surface area contributed by atoms with Gasteiger partial charge in [0, 0.05) is 16.7 Å². The van der Waals surface area contributed by atoms with E-state index in [0.717, 1.165) is 0 Å². The maximum Gasteiger partial charge on any atom is 0.352 e. The summed E-state index contributed by atoms with van der Waals surface area (Å²) in [5.41, 5.74) is 1.76. The van der Waals surface area contributed by atoms with E-state index in [1.807, 2.05) is 30.3 Å². The van der Waals surface area contributed by atoms with Crippen LogP contribution in [0.4, 0.5) is 0 Å². The first-order chi connectivity index (χ1) is 15.1. The first-order valence-corrected chi connectivity index (χ1v) is 10.2. The van der Waals surface area contributed by atoms with Crippen molar-refractivity contribution in [2.45, 2.75) is 13.0 Å². The number of hydrogen-bond acceptors (Lipinski definition) is 5. The number of ether oxygens (including phenoxy) is 3. The zero-order valence-electron chi connectivity index (χ0n) is 16.7. The fourth-order valence-corrected chi connectivity index (χ4v) is 3.40. The molecule has 0 fully saturated rings. The molecule has 1 aliphatic heterocycles. The Labute approximate surface area is 184 Å². The monoisotopic (exact) mass is 434 g/mol. The highest BCUT2D eigenvalue weighted by molar-refractivity contribution is 6.32. The molecule has 0 N–H and O–H groups in total. The van der Waals surface area contributed by atoms with E-state index in [1.54, 1.807) is 55.5 Å². The standard InChI is InChI=1S/C25H19ClO5/c1-2-29-25(28)24(16-8-4-3-5-9-16)30-18-12-13-19-21(15-18)31-22(23(19)27)14-17-10-6-7-11-20(17)26/h3-15,24H,2H2,1H3/b22-14-. The number of esters is 1. The minimum Gasteiger partial charge on any atom is -0.474 e. The van der Waals surface area contributed by atoms with Gasteiger partial charge in [0.2, 0.25) is 11.9 Å². The number of rotatable bonds is 6. The number of halogens is 1. The molecule has 0 bridgehead atoms. The van der Waals surface area contributed by atoms with Crippen LogP contribution in [0.1, 0.15) is 34.5 Å². The van der Waals surface area contributed by atoms with Crippen LogP contribution in [0.15, 0.2) is 78.6 Å². The number of carbonyl (C=O) groups excluding carboxylic acids is 2. The molecular formula is C25H19ClO5. The topological polar surface area (TPSA) is 61.8 Å². The molecule has 1 unspecified atom stereocenters. The number of allylic oxidation sites excluding steroid dienone is 1. The molecule has 3 aromatic rings. The summed E-state index contributed by atoms with van der Waals surface area (Å²) in [4.78, 5) is 25.2. The van der Waals surface area contributed by atoms with Crippen molar-refractivity contribution in [3.63, 3.8) is 0 Å². The summed E-state index contributed by atoms with van der Waals surface area (Å²) in [5, 5.41) is 0.520. The smallest absolute Gasteiger partial charge is 0.352 e. The largest absolute Gasteiger partial charge is 0.474 e. The Morgan fingerprint density at radius 2 is 1.81 bits per heavy atom. The number of ketones is 1. The number of benzene rings is 3. The van der Waals surface area contributed by atoms with E-state index in [-0.39, 0.29) is 18.1 Å². The molecule has 0 aromatic heterocycles. The third kappa shape index (κ3) is 4.47. The molecule has 1 aliphatic rings. The third-order valence-corrected chi connectivity index (χ3v) is 5.03. The molecule has 0 amide bonds. The van der Waals surface area contributed by atoms with Gasteiger partial charge in [-0.1, -0.05) is 60.1 Å². The lowest BCUT2D eigenvalue weighted by molar-refractivity contribution is -0.151. The summed E-state index contributed by atoms with van der Waals surface area (Å²) in [6.45, 7) is 1.98. The molecule has 0 saturated carbocycles. The average Bonchev–Trinajstić information content (AvgIpc) is 3.09. The van der Waals surface area contributed by atoms with Gasteiger partial charge in [0.05, 0.1) is 12.2 Å². The number of hydrogen-bond donors (Lipinski definition) is 0. The Morgan fingerprint density at radius 3 is 2.55 bits per heavy atom. The van der Waals surface area contributed by atoms with Crippen molar-refractivity contribution >= 4 is 29.4 Å². The van der Waals surface area contributed by atoms with Crippen LogP contribution in [0, 0.1) is 0 Å². The lowest BCUT2D eigenvalue weighted by Gasteiger charge is -2.18. The van der Waals surface area contributed by atoms with E-state index < -0.39 is 12.1 Å². The second kappa shape index (κ2) is 9.06. The van der Waals surface area contributed by atoms with E-state index in [1.165, 1.54) is 0 Å². The molecule has 6 heteroatoms. The summed E-state index contributed by atoms with van der Waals surface area (Å²) >= 11 is 6.18. The summed E-state index contributed by atoms with van der Waals surface area (Å²) in [6, 6.07) is 21.1. The second-order valence-corrected chi connectivity index (χ2v) is 7.19. The number of fused-ring (bicyclic) bond motifs is 1. The van der Waals surface area contributed by atoms with Crippen LogP contribution < -0.4 is 9.47 Å². The summed E-state index contributed by atoms with van der Waals surface area (Å²) in [5.74, 6) is 0.172. The van der Waals surface area contributed by atoms with Crippen molar-refractivity contribution in [3.8, 4) is 11.5 Å². The van der Waals surface area contributed by atoms with Crippen LogP contribution in [-0.2, 0) is 9.53 Å². The molecule has 31 heavy (non-hydrogen) atoms. The van der Waals surface area contributed by atoms with Gasteiger partial charge in [-0.05, 0) is 36.8 Å². The Kier molecular flexibility index (Phi) is 6.05. The highest BCUT2D eigenvalue weighted by Gasteiger charge is 2.29. The molecular weight excluding hydrogens is 416 g/mol. The van der Waals surface area contributed by atoms with Gasteiger partial charge in [-0.25, -0.2) is 4.79 Å². The normalized spacial score (nSPS) is 14.6. The fourth-order valence-electron chi connectivity index (χ4n) is 3.21. The maximum atomic E-state index is 12.7. The molecule has 0 aliphatic carbocycles. The summed E-state index contributed by atoms with van der Waals surface area (Å²) < 4.78 is 16.9. The third-order valence-electron chi connectivity index (χ3n) is 4.69. The van der Waals surface area contributed by atoms with Crippen molar-refractivity contribution in [2.75, 3.05) is 6.61 Å². The predicted octanol–water partition coefficient (Wildman–Crippen LogP) is 5.64. The van der Waals surface area contributed by atoms with Crippen LogP contribution in [0.2, 0.25) is 5.02 Å². The lowest BCUT2D eigenvalue weighted by atomic mass is 10.1. The first-order valence-electron chi connectivity index (χ1n) is 9.78. The van der Waals surface area contributed by atoms with Crippen molar-refractivity contribution in [3.05, 3.63) is 100 Å². The Bertz CT molecular complexity index is 1150. The SMILES string of the molecule is CCOC(=O)C(Oc1ccc2c(c1)O/C(=C\c1ccccc1Cl)C2=O)c1ccccc1. The molecule has 1 heterocycles. The average molecular weight is 435 g/mol. The van der Waals surface area contributed by atoms with Gasteiger partial charge in [0.15, 0.2) is 5.76 Å². The van der Waals surface area contributed by atoms with Gasteiger partial charge in [-0.3, -0.25) is 4.79 Å². The summed E-state index contributed by atoms with van der Waals surface area (Å²) in [6.07, 6.45) is 0.672. The molecule has 1 atom stereocenters. The van der Waals surface area contributed by atoms with Gasteiger partial charge >= 0.3 is 5.97 Å². The Balaban J connectivity index is 1.60. The van der Waals surface area contributed by atoms with Gasteiger partial charge in [-0.2, -0.15) is 0 Å². The van der Waals surface area contributed by atoms with E-state index in [2.05, 4.69) is 0 Å². The van der Waals surface area contributed by atoms with Crippen LogP contribution in [0.5, 0.6) is 11.5 Å². The van der Waals surface area contributed by atoms with Gasteiger partial charge in [0.25, 0.3) is 0 Å². The first kappa shape index (κ1) is 20.7. The maximum absolute atomic E-state index is 12.7. The van der Waals surface area contributed by atoms with Crippen molar-refractivity contribution in [1.82, 2.24) is 0 Å². The summed E-state index contributed by atoms with van der Waals surface area (Å²) in [7, 11) is 0. The van der Waals surface area contributed by atoms with E-state index in [4.69, 9.17) is 25.8 Å². The zero-order valence-corrected chi connectivity index (χ0v) is 17.5. The molecule has 156 valence electrons. The lowest BCUT2D eigenvalue weighted by Crippen LogP contribution is -2.21. The quantitative estimate of drug-likeness (QED) is 0.371. The van der Waals surface area contributed by atoms with Gasteiger partial charge in [-0.15, -0.1) is 0 Å². The van der Waals surface area contributed by atoms with Gasteiger partial charge < -0.3 is 14.2 Å². The van der Waals surface area contributed by atoms with Crippen LogP contribution in [-0.4, -0.2) is 18.4 Å². The van der Waals surface area contributed by atoms with Crippen LogP contribution >= 0.6 is 11.6 Å². The Hall–Kier alpha value is -3.57. The predicted molar refractivity (Wildman–Crippen MR) is 117 cm³/mol.